The van der Waals surface area contributed by atoms with Crippen LogP contribution in [0.5, 0.6) is 0 Å². The molecular formula is C17H20N2O4S. The summed E-state index contributed by atoms with van der Waals surface area (Å²) >= 11 is 1.47. The summed E-state index contributed by atoms with van der Waals surface area (Å²) in [5.74, 6) is -0.190. The van der Waals surface area contributed by atoms with E-state index in [4.69, 9.17) is 9.26 Å². The first-order valence-electron chi connectivity index (χ1n) is 8.16. The van der Waals surface area contributed by atoms with Crippen molar-refractivity contribution < 1.29 is 18.8 Å². The van der Waals surface area contributed by atoms with Crippen LogP contribution in [0.1, 0.15) is 63.2 Å². The highest BCUT2D eigenvalue weighted by Gasteiger charge is 2.27. The first-order chi connectivity index (χ1) is 11.6. The number of thiophene rings is 1. The molecule has 0 saturated carbocycles. The molecule has 0 atom stereocenters. The predicted molar refractivity (Wildman–Crippen MR) is 90.7 cm³/mol. The topological polar surface area (TPSA) is 81.4 Å². The zero-order chi connectivity index (χ0) is 17.1. The predicted octanol–water partition coefficient (Wildman–Crippen LogP) is 3.74. The summed E-state index contributed by atoms with van der Waals surface area (Å²) < 4.78 is 10.1. The van der Waals surface area contributed by atoms with Crippen molar-refractivity contribution >= 4 is 28.2 Å². The van der Waals surface area contributed by atoms with E-state index in [2.05, 4.69) is 10.5 Å². The lowest BCUT2D eigenvalue weighted by molar-refractivity contribution is 0.0527. The summed E-state index contributed by atoms with van der Waals surface area (Å²) in [6.07, 6.45) is 5.09. The van der Waals surface area contributed by atoms with E-state index in [0.29, 0.717) is 22.9 Å². The number of nitrogens with zero attached hydrogens (tertiary/aromatic N) is 1. The number of nitrogens with one attached hydrogen (secondary N) is 1. The zero-order valence-electron chi connectivity index (χ0n) is 13.8. The quantitative estimate of drug-likeness (QED) is 0.672. The van der Waals surface area contributed by atoms with Crippen LogP contribution in [0.4, 0.5) is 5.00 Å². The third kappa shape index (κ3) is 3.36. The van der Waals surface area contributed by atoms with Crippen LogP contribution < -0.4 is 5.32 Å². The van der Waals surface area contributed by atoms with E-state index < -0.39 is 0 Å². The summed E-state index contributed by atoms with van der Waals surface area (Å²) in [6.45, 7) is 3.81. The third-order valence-corrected chi connectivity index (χ3v) is 5.20. The summed E-state index contributed by atoms with van der Waals surface area (Å²) in [6, 6.07) is 1.57. The summed E-state index contributed by atoms with van der Waals surface area (Å²) in [4.78, 5) is 26.0. The maximum Gasteiger partial charge on any atom is 0.341 e. The molecule has 0 saturated heterocycles. The van der Waals surface area contributed by atoms with Crippen LogP contribution in [0.3, 0.4) is 0 Å². The van der Waals surface area contributed by atoms with Crippen molar-refractivity contribution in [1.29, 1.82) is 0 Å². The second kappa shape index (κ2) is 7.17. The van der Waals surface area contributed by atoms with Gasteiger partial charge in [0.05, 0.1) is 12.2 Å². The Morgan fingerprint density at radius 1 is 1.33 bits per heavy atom. The Kier molecular flexibility index (Phi) is 4.99. The van der Waals surface area contributed by atoms with Gasteiger partial charge in [0.2, 0.25) is 0 Å². The number of amides is 1. The van der Waals surface area contributed by atoms with Crippen molar-refractivity contribution in [3.8, 4) is 0 Å². The normalized spacial score (nSPS) is 13.9. The van der Waals surface area contributed by atoms with E-state index in [0.717, 1.165) is 37.7 Å². The van der Waals surface area contributed by atoms with Crippen LogP contribution in [0.15, 0.2) is 10.6 Å². The van der Waals surface area contributed by atoms with Crippen LogP contribution in [-0.2, 0) is 17.6 Å². The highest BCUT2D eigenvalue weighted by molar-refractivity contribution is 7.17. The minimum Gasteiger partial charge on any atom is -0.462 e. The van der Waals surface area contributed by atoms with Crippen LogP contribution in [0.2, 0.25) is 0 Å². The second-order valence-corrected chi connectivity index (χ2v) is 6.87. The smallest absolute Gasteiger partial charge is 0.341 e. The molecule has 0 aliphatic heterocycles. The van der Waals surface area contributed by atoms with Crippen molar-refractivity contribution in [3.63, 3.8) is 0 Å². The number of fused-ring (bicyclic) bond motifs is 1. The Bertz CT molecular complexity index is 763. The molecule has 2 aromatic rings. The molecule has 1 aliphatic carbocycles. The number of carbonyl (C=O) groups is 2. The Hall–Kier alpha value is -2.15. The third-order valence-electron chi connectivity index (χ3n) is 3.99. The molecule has 2 aromatic heterocycles. The second-order valence-electron chi connectivity index (χ2n) is 5.77. The van der Waals surface area contributed by atoms with Crippen molar-refractivity contribution in [1.82, 2.24) is 5.16 Å². The van der Waals surface area contributed by atoms with Gasteiger partial charge in [-0.15, -0.1) is 11.3 Å². The summed E-state index contributed by atoms with van der Waals surface area (Å²) in [5, 5.41) is 7.08. The molecule has 2 heterocycles. The van der Waals surface area contributed by atoms with E-state index >= 15 is 0 Å². The lowest BCUT2D eigenvalue weighted by atomic mass is 10.1. The Morgan fingerprint density at radius 3 is 2.83 bits per heavy atom. The molecule has 1 amide bonds. The number of rotatable bonds is 4. The molecule has 128 valence electrons. The Balaban J connectivity index is 1.94. The molecule has 24 heavy (non-hydrogen) atoms. The monoisotopic (exact) mass is 348 g/mol. The summed E-state index contributed by atoms with van der Waals surface area (Å²) in [7, 11) is 0. The lowest BCUT2D eigenvalue weighted by Gasteiger charge is -2.07. The molecular weight excluding hydrogens is 328 g/mol. The minimum atomic E-state index is -0.381. The molecule has 1 aliphatic rings. The van der Waals surface area contributed by atoms with Crippen molar-refractivity contribution in [2.24, 2.45) is 0 Å². The van der Waals surface area contributed by atoms with E-state index in [9.17, 15) is 9.59 Å². The van der Waals surface area contributed by atoms with Crippen LogP contribution >= 0.6 is 11.3 Å². The number of aryl methyl sites for hydroxylation is 2. The van der Waals surface area contributed by atoms with Gasteiger partial charge in [-0.3, -0.25) is 4.79 Å². The van der Waals surface area contributed by atoms with Crippen LogP contribution in [0, 0.1) is 6.92 Å². The van der Waals surface area contributed by atoms with Gasteiger partial charge in [-0.1, -0.05) is 11.6 Å². The molecule has 6 nitrogen and oxygen atoms in total. The van der Waals surface area contributed by atoms with E-state index in [-0.39, 0.29) is 17.6 Å². The largest absolute Gasteiger partial charge is 0.462 e. The molecule has 3 rings (SSSR count). The maximum atomic E-state index is 12.4. The fraction of sp³-hybridized carbons (Fsp3) is 0.471. The first kappa shape index (κ1) is 16.7. The average molecular weight is 348 g/mol. The van der Waals surface area contributed by atoms with Gasteiger partial charge in [-0.25, -0.2) is 4.79 Å². The molecule has 0 spiro atoms. The fourth-order valence-corrected chi connectivity index (χ4v) is 4.16. The van der Waals surface area contributed by atoms with Gasteiger partial charge in [-0.2, -0.15) is 0 Å². The molecule has 7 heteroatoms. The molecule has 0 bridgehead atoms. The van der Waals surface area contributed by atoms with Crippen molar-refractivity contribution in [3.05, 3.63) is 33.5 Å². The number of carbonyl (C=O) groups excluding carboxylic acids is 2. The van der Waals surface area contributed by atoms with E-state index in [1.807, 2.05) is 0 Å². The SMILES string of the molecule is CCOC(=O)c1c(NC(=O)c2cc(C)on2)sc2c1CCCCC2. The molecule has 0 unspecified atom stereocenters. The van der Waals surface area contributed by atoms with Gasteiger partial charge in [0.25, 0.3) is 5.91 Å². The summed E-state index contributed by atoms with van der Waals surface area (Å²) in [5.41, 5.74) is 1.74. The Morgan fingerprint density at radius 2 is 2.12 bits per heavy atom. The van der Waals surface area contributed by atoms with Gasteiger partial charge in [0.15, 0.2) is 5.69 Å². The highest BCUT2D eigenvalue weighted by Crippen LogP contribution is 2.38. The average Bonchev–Trinajstić information content (AvgIpc) is 3.04. The van der Waals surface area contributed by atoms with Gasteiger partial charge < -0.3 is 14.6 Å². The number of esters is 1. The van der Waals surface area contributed by atoms with Crippen molar-refractivity contribution in [2.45, 2.75) is 46.0 Å². The molecule has 0 fully saturated rings. The fourth-order valence-electron chi connectivity index (χ4n) is 2.89. The lowest BCUT2D eigenvalue weighted by Crippen LogP contribution is -2.15. The number of anilines is 1. The number of hydrogen-bond donors (Lipinski definition) is 1. The Labute approximate surface area is 144 Å². The molecule has 0 radical (unpaired) electrons. The standard InChI is InChI=1S/C17H20N2O4S/c1-3-22-17(21)14-11-7-5-4-6-8-13(11)24-16(14)18-15(20)12-9-10(2)23-19-12/h9H,3-8H2,1-2H3,(H,18,20). The number of aromatic nitrogens is 1. The maximum absolute atomic E-state index is 12.4. The van der Waals surface area contributed by atoms with Gasteiger partial charge in [0.1, 0.15) is 10.8 Å². The molecule has 1 N–H and O–H groups in total. The number of hydrogen-bond acceptors (Lipinski definition) is 6. The van der Waals surface area contributed by atoms with E-state index in [1.54, 1.807) is 19.9 Å². The minimum absolute atomic E-state index is 0.200. The first-order valence-corrected chi connectivity index (χ1v) is 8.98. The van der Waals surface area contributed by atoms with Gasteiger partial charge >= 0.3 is 5.97 Å². The van der Waals surface area contributed by atoms with E-state index in [1.165, 1.54) is 16.2 Å². The van der Waals surface area contributed by atoms with Gasteiger partial charge in [0, 0.05) is 10.9 Å². The number of ether oxygens (including phenoxy) is 1. The molecule has 0 aromatic carbocycles. The van der Waals surface area contributed by atoms with Crippen molar-refractivity contribution in [2.75, 3.05) is 11.9 Å². The van der Waals surface area contributed by atoms with Crippen LogP contribution in [0.25, 0.3) is 0 Å². The highest BCUT2D eigenvalue weighted by atomic mass is 32.1. The van der Waals surface area contributed by atoms with Gasteiger partial charge in [-0.05, 0) is 45.1 Å². The zero-order valence-corrected chi connectivity index (χ0v) is 14.6. The van der Waals surface area contributed by atoms with Crippen LogP contribution in [-0.4, -0.2) is 23.6 Å².